The summed E-state index contributed by atoms with van der Waals surface area (Å²) < 4.78 is 0. The summed E-state index contributed by atoms with van der Waals surface area (Å²) in [6.45, 7) is 6.37. The quantitative estimate of drug-likeness (QED) is 0.735. The molecule has 2 rings (SSSR count). The van der Waals surface area contributed by atoms with E-state index in [0.29, 0.717) is 0 Å². The average Bonchev–Trinajstić information content (AvgIpc) is 2.84. The molecule has 0 aliphatic rings. The molecular weight excluding hydrogens is 288 g/mol. The first-order chi connectivity index (χ1) is 9.74. The van der Waals surface area contributed by atoms with Crippen LogP contribution in [0.5, 0.6) is 0 Å². The van der Waals surface area contributed by atoms with Crippen molar-refractivity contribution in [2.75, 3.05) is 6.54 Å². The maximum atomic E-state index is 5.94. The molecule has 0 atom stereocenters. The Morgan fingerprint density at radius 3 is 2.55 bits per heavy atom. The lowest BCUT2D eigenvalue weighted by Gasteiger charge is -2.02. The van der Waals surface area contributed by atoms with Crippen LogP contribution in [0.2, 0.25) is 5.02 Å². The van der Waals surface area contributed by atoms with E-state index in [1.807, 2.05) is 24.3 Å². The molecular formula is C16H21ClN2S. The summed E-state index contributed by atoms with van der Waals surface area (Å²) in [5, 5.41) is 5.34. The number of benzene rings is 1. The minimum Gasteiger partial charge on any atom is -0.312 e. The van der Waals surface area contributed by atoms with Crippen molar-refractivity contribution in [2.45, 2.75) is 39.7 Å². The summed E-state index contributed by atoms with van der Waals surface area (Å²) in [5.41, 5.74) is 2.39. The molecule has 0 aliphatic carbocycles. The third kappa shape index (κ3) is 4.05. The fourth-order valence-corrected chi connectivity index (χ4v) is 3.26. The van der Waals surface area contributed by atoms with Gasteiger partial charge < -0.3 is 5.32 Å². The summed E-state index contributed by atoms with van der Waals surface area (Å²) in [6.07, 6.45) is 3.34. The summed E-state index contributed by atoms with van der Waals surface area (Å²) in [7, 11) is 0. The van der Waals surface area contributed by atoms with Crippen LogP contribution in [-0.4, -0.2) is 11.5 Å². The Bertz CT molecular complexity index is 534. The van der Waals surface area contributed by atoms with Gasteiger partial charge in [0, 0.05) is 22.0 Å². The van der Waals surface area contributed by atoms with Crippen molar-refractivity contribution in [2.24, 2.45) is 0 Å². The van der Waals surface area contributed by atoms with Gasteiger partial charge in [-0.1, -0.05) is 44.0 Å². The number of hydrogen-bond donors (Lipinski definition) is 1. The van der Waals surface area contributed by atoms with Crippen molar-refractivity contribution in [3.8, 4) is 10.6 Å². The van der Waals surface area contributed by atoms with E-state index in [1.54, 1.807) is 11.3 Å². The van der Waals surface area contributed by atoms with Crippen LogP contribution in [0.1, 0.15) is 37.3 Å². The van der Waals surface area contributed by atoms with Gasteiger partial charge in [-0.3, -0.25) is 0 Å². The molecule has 0 bridgehead atoms. The number of nitrogens with one attached hydrogen (secondary N) is 1. The van der Waals surface area contributed by atoms with Crippen LogP contribution in [0.3, 0.4) is 0 Å². The highest BCUT2D eigenvalue weighted by atomic mass is 35.5. The smallest absolute Gasteiger partial charge is 0.123 e. The zero-order chi connectivity index (χ0) is 14.4. The standard InChI is InChI=1S/C16H21ClN2S/c1-3-5-14-15(11-18-10-4-2)20-16(19-14)12-6-8-13(17)9-7-12/h6-9,18H,3-5,10-11H2,1-2H3. The molecule has 0 saturated heterocycles. The first kappa shape index (κ1) is 15.5. The van der Waals surface area contributed by atoms with Gasteiger partial charge in [0.2, 0.25) is 0 Å². The second-order valence-corrected chi connectivity index (χ2v) is 6.34. The molecule has 2 aromatic rings. The topological polar surface area (TPSA) is 24.9 Å². The fourth-order valence-electron chi connectivity index (χ4n) is 2.05. The Morgan fingerprint density at radius 2 is 1.90 bits per heavy atom. The van der Waals surface area contributed by atoms with Gasteiger partial charge in [0.1, 0.15) is 5.01 Å². The Labute approximate surface area is 130 Å². The highest BCUT2D eigenvalue weighted by Gasteiger charge is 2.11. The molecule has 1 N–H and O–H groups in total. The van der Waals surface area contributed by atoms with Gasteiger partial charge in [-0.2, -0.15) is 0 Å². The van der Waals surface area contributed by atoms with E-state index in [0.717, 1.165) is 47.9 Å². The molecule has 2 nitrogen and oxygen atoms in total. The van der Waals surface area contributed by atoms with E-state index < -0.39 is 0 Å². The van der Waals surface area contributed by atoms with Crippen molar-refractivity contribution >= 4 is 22.9 Å². The minimum atomic E-state index is 0.768. The molecule has 0 aliphatic heterocycles. The molecule has 0 unspecified atom stereocenters. The molecule has 108 valence electrons. The predicted molar refractivity (Wildman–Crippen MR) is 88.6 cm³/mol. The van der Waals surface area contributed by atoms with Crippen LogP contribution in [0.15, 0.2) is 24.3 Å². The Hall–Kier alpha value is -0.900. The van der Waals surface area contributed by atoms with Gasteiger partial charge in [-0.15, -0.1) is 11.3 Å². The van der Waals surface area contributed by atoms with Crippen molar-refractivity contribution in [1.82, 2.24) is 10.3 Å². The van der Waals surface area contributed by atoms with Gasteiger partial charge in [-0.25, -0.2) is 4.98 Å². The summed E-state index contributed by atoms with van der Waals surface area (Å²) >= 11 is 7.73. The van der Waals surface area contributed by atoms with Crippen LogP contribution in [-0.2, 0) is 13.0 Å². The van der Waals surface area contributed by atoms with E-state index >= 15 is 0 Å². The lowest BCUT2D eigenvalue weighted by Crippen LogP contribution is -2.13. The van der Waals surface area contributed by atoms with Crippen LogP contribution in [0.4, 0.5) is 0 Å². The van der Waals surface area contributed by atoms with E-state index in [2.05, 4.69) is 19.2 Å². The molecule has 20 heavy (non-hydrogen) atoms. The summed E-state index contributed by atoms with van der Waals surface area (Å²) in [6, 6.07) is 7.93. The largest absolute Gasteiger partial charge is 0.312 e. The molecule has 4 heteroatoms. The second kappa shape index (κ2) is 7.77. The van der Waals surface area contributed by atoms with Crippen LogP contribution >= 0.6 is 22.9 Å². The summed E-state index contributed by atoms with van der Waals surface area (Å²) in [4.78, 5) is 6.18. The fraction of sp³-hybridized carbons (Fsp3) is 0.438. The highest BCUT2D eigenvalue weighted by Crippen LogP contribution is 2.29. The van der Waals surface area contributed by atoms with Gasteiger partial charge in [0.15, 0.2) is 0 Å². The van der Waals surface area contributed by atoms with E-state index in [9.17, 15) is 0 Å². The second-order valence-electron chi connectivity index (χ2n) is 4.82. The molecule has 0 spiro atoms. The molecule has 0 radical (unpaired) electrons. The van der Waals surface area contributed by atoms with Crippen molar-refractivity contribution in [3.05, 3.63) is 39.9 Å². The van der Waals surface area contributed by atoms with Crippen molar-refractivity contribution < 1.29 is 0 Å². The number of aromatic nitrogens is 1. The summed E-state index contributed by atoms with van der Waals surface area (Å²) in [5.74, 6) is 0. The van der Waals surface area contributed by atoms with Crippen LogP contribution in [0.25, 0.3) is 10.6 Å². The van der Waals surface area contributed by atoms with E-state index in [4.69, 9.17) is 16.6 Å². The predicted octanol–water partition coefficient (Wildman–Crippen LogP) is 4.92. The number of hydrogen-bond acceptors (Lipinski definition) is 3. The zero-order valence-corrected chi connectivity index (χ0v) is 13.7. The normalized spacial score (nSPS) is 10.9. The van der Waals surface area contributed by atoms with Crippen molar-refractivity contribution in [3.63, 3.8) is 0 Å². The van der Waals surface area contributed by atoms with Crippen LogP contribution in [0, 0.1) is 0 Å². The molecule has 1 aromatic carbocycles. The number of aryl methyl sites for hydroxylation is 1. The number of rotatable bonds is 7. The maximum Gasteiger partial charge on any atom is 0.123 e. The van der Waals surface area contributed by atoms with Gasteiger partial charge >= 0.3 is 0 Å². The zero-order valence-electron chi connectivity index (χ0n) is 12.1. The maximum absolute atomic E-state index is 5.94. The molecule has 1 aromatic heterocycles. The van der Waals surface area contributed by atoms with Crippen LogP contribution < -0.4 is 5.32 Å². The molecule has 1 heterocycles. The van der Waals surface area contributed by atoms with E-state index in [1.165, 1.54) is 10.6 Å². The van der Waals surface area contributed by atoms with Gasteiger partial charge in [-0.05, 0) is 31.5 Å². The number of nitrogens with zero attached hydrogens (tertiary/aromatic N) is 1. The third-order valence-corrected chi connectivity index (χ3v) is 4.47. The Balaban J connectivity index is 2.21. The SMILES string of the molecule is CCCNCc1sc(-c2ccc(Cl)cc2)nc1CCC. The molecule has 0 fully saturated rings. The first-order valence-corrected chi connectivity index (χ1v) is 8.39. The molecule has 0 amide bonds. The third-order valence-electron chi connectivity index (χ3n) is 3.07. The van der Waals surface area contributed by atoms with Crippen molar-refractivity contribution in [1.29, 1.82) is 0 Å². The van der Waals surface area contributed by atoms with Gasteiger partial charge in [0.05, 0.1) is 5.69 Å². The monoisotopic (exact) mass is 308 g/mol. The lowest BCUT2D eigenvalue weighted by molar-refractivity contribution is 0.674. The average molecular weight is 309 g/mol. The minimum absolute atomic E-state index is 0.768. The van der Waals surface area contributed by atoms with Gasteiger partial charge in [0.25, 0.3) is 0 Å². The Morgan fingerprint density at radius 1 is 1.15 bits per heavy atom. The first-order valence-electron chi connectivity index (χ1n) is 7.19. The lowest BCUT2D eigenvalue weighted by atomic mass is 10.2. The number of halogens is 1. The molecule has 0 saturated carbocycles. The number of thiazole rings is 1. The van der Waals surface area contributed by atoms with E-state index in [-0.39, 0.29) is 0 Å². The highest BCUT2D eigenvalue weighted by molar-refractivity contribution is 7.15. The Kier molecular flexibility index (Phi) is 6.02.